The number of aliphatic carboxylic acids is 1. The number of ether oxygens (including phenoxy) is 2. The molecule has 0 aromatic heterocycles. The van der Waals surface area contributed by atoms with Crippen LogP contribution in [-0.4, -0.2) is 66.8 Å². The maximum absolute atomic E-state index is 11.9. The van der Waals surface area contributed by atoms with Crippen molar-refractivity contribution in [2.45, 2.75) is 84.1 Å². The summed E-state index contributed by atoms with van der Waals surface area (Å²) >= 11 is 0. The molecule has 0 bridgehead atoms. The van der Waals surface area contributed by atoms with Gasteiger partial charge in [-0.05, 0) is 44.0 Å². The molecule has 3 unspecified atom stereocenters. The second-order valence-electron chi connectivity index (χ2n) is 9.43. The van der Waals surface area contributed by atoms with Crippen LogP contribution >= 0.6 is 0 Å². The molecule has 1 aromatic carbocycles. The maximum Gasteiger partial charge on any atom is 0.308 e. The Hall–Kier alpha value is -2.28. The number of hydrogen-bond donors (Lipinski definition) is 1. The largest absolute Gasteiger partial charge is 0.481 e. The molecule has 0 aliphatic carbocycles. The fraction of sp³-hybridized carbons (Fsp3) is 0.704. The second kappa shape index (κ2) is 14.9. The summed E-state index contributed by atoms with van der Waals surface area (Å²) in [6.07, 6.45) is 9.89. The Labute approximate surface area is 205 Å². The van der Waals surface area contributed by atoms with Crippen LogP contribution in [0.3, 0.4) is 0 Å². The molecule has 2 heterocycles. The predicted octanol–water partition coefficient (Wildman–Crippen LogP) is 5.14. The molecule has 2 aliphatic rings. The number of benzene rings is 1. The predicted molar refractivity (Wildman–Crippen MR) is 134 cm³/mol. The Morgan fingerprint density at radius 2 is 1.71 bits per heavy atom. The maximum atomic E-state index is 11.9. The van der Waals surface area contributed by atoms with Gasteiger partial charge in [0.25, 0.3) is 0 Å². The van der Waals surface area contributed by atoms with Crippen molar-refractivity contribution in [3.8, 4) is 11.5 Å². The van der Waals surface area contributed by atoms with Gasteiger partial charge in [0.2, 0.25) is 13.2 Å². The van der Waals surface area contributed by atoms with Gasteiger partial charge in [-0.25, -0.2) is 0 Å². The number of carbonyl (C=O) groups excluding carboxylic acids is 1. The summed E-state index contributed by atoms with van der Waals surface area (Å²) in [5, 5.41) is 9.80. The summed E-state index contributed by atoms with van der Waals surface area (Å²) in [7, 11) is 2.04. The lowest BCUT2D eigenvalue weighted by Gasteiger charge is -2.23. The van der Waals surface area contributed by atoms with Gasteiger partial charge in [0.05, 0.1) is 5.92 Å². The van der Waals surface area contributed by atoms with E-state index in [0.717, 1.165) is 94.5 Å². The van der Waals surface area contributed by atoms with E-state index >= 15 is 0 Å². The summed E-state index contributed by atoms with van der Waals surface area (Å²) in [4.78, 5) is 26.4. The van der Waals surface area contributed by atoms with Crippen LogP contribution < -0.4 is 9.47 Å². The van der Waals surface area contributed by atoms with Crippen LogP contribution in [0, 0.1) is 5.92 Å². The normalized spacial score (nSPS) is 21.1. The molecular formula is C27H44N2O5. The molecule has 3 atom stereocenters. The van der Waals surface area contributed by atoms with Crippen LogP contribution in [0.15, 0.2) is 18.2 Å². The fourth-order valence-electron chi connectivity index (χ4n) is 4.84. The Balaban J connectivity index is 0.000000316. The number of rotatable bonds is 13. The molecule has 0 radical (unpaired) electrons. The Kier molecular flexibility index (Phi) is 12.2. The van der Waals surface area contributed by atoms with Crippen LogP contribution in [0.2, 0.25) is 0 Å². The molecule has 34 heavy (non-hydrogen) atoms. The number of fused-ring (bicyclic) bond motifs is 1. The van der Waals surface area contributed by atoms with Crippen molar-refractivity contribution in [2.24, 2.45) is 5.92 Å². The minimum Gasteiger partial charge on any atom is -0.481 e. The van der Waals surface area contributed by atoms with Gasteiger partial charge in [0.15, 0.2) is 11.5 Å². The zero-order valence-electron chi connectivity index (χ0n) is 21.5. The number of nitrogens with zero attached hydrogens (tertiary/aromatic N) is 2. The fourth-order valence-corrected chi connectivity index (χ4v) is 4.84. The molecule has 1 aromatic rings. The first-order chi connectivity index (χ1) is 16.5. The second-order valence-corrected chi connectivity index (χ2v) is 9.43. The highest BCUT2D eigenvalue weighted by Gasteiger charge is 2.44. The van der Waals surface area contributed by atoms with E-state index in [1.165, 1.54) is 0 Å². The SMILES string of the molecule is CCCCCC1C(C(=O)O)C(c2ccc3c(c2)OCO3)CN1C.CCCCN(C=O)CCCC. The first-order valence-corrected chi connectivity index (χ1v) is 13.0. The van der Waals surface area contributed by atoms with Crippen LogP contribution in [0.25, 0.3) is 0 Å². The molecule has 1 amide bonds. The Morgan fingerprint density at radius 1 is 1.06 bits per heavy atom. The number of hydrogen-bond acceptors (Lipinski definition) is 5. The third-order valence-corrected chi connectivity index (χ3v) is 6.86. The van der Waals surface area contributed by atoms with E-state index in [-0.39, 0.29) is 24.7 Å². The Bertz CT molecular complexity index is 749. The number of carboxylic acids is 1. The van der Waals surface area contributed by atoms with Gasteiger partial charge < -0.3 is 24.4 Å². The number of carboxylic acid groups (broad SMARTS) is 1. The van der Waals surface area contributed by atoms with Crippen molar-refractivity contribution in [3.63, 3.8) is 0 Å². The van der Waals surface area contributed by atoms with Crippen LogP contribution in [0.4, 0.5) is 0 Å². The zero-order valence-corrected chi connectivity index (χ0v) is 21.5. The molecule has 192 valence electrons. The van der Waals surface area contributed by atoms with Crippen LogP contribution in [0.1, 0.15) is 83.6 Å². The van der Waals surface area contributed by atoms with E-state index in [2.05, 4.69) is 25.7 Å². The van der Waals surface area contributed by atoms with Gasteiger partial charge >= 0.3 is 5.97 Å². The lowest BCUT2D eigenvalue weighted by Crippen LogP contribution is -2.33. The van der Waals surface area contributed by atoms with Crippen molar-refractivity contribution in [1.29, 1.82) is 0 Å². The first kappa shape index (κ1) is 28.0. The smallest absolute Gasteiger partial charge is 0.308 e. The van der Waals surface area contributed by atoms with Crippen LogP contribution in [-0.2, 0) is 9.59 Å². The molecule has 7 heteroatoms. The van der Waals surface area contributed by atoms with Crippen LogP contribution in [0.5, 0.6) is 11.5 Å². The van der Waals surface area contributed by atoms with E-state index in [0.29, 0.717) is 0 Å². The quantitative estimate of drug-likeness (QED) is 0.314. The van der Waals surface area contributed by atoms with Gasteiger partial charge in [0.1, 0.15) is 0 Å². The van der Waals surface area contributed by atoms with Gasteiger partial charge in [-0.3, -0.25) is 9.59 Å². The minimum atomic E-state index is -0.696. The first-order valence-electron chi connectivity index (χ1n) is 13.0. The number of likely N-dealkylation sites (tertiary alicyclic amines) is 1. The summed E-state index contributed by atoms with van der Waals surface area (Å²) in [6, 6.07) is 5.93. The van der Waals surface area contributed by atoms with E-state index < -0.39 is 5.97 Å². The van der Waals surface area contributed by atoms with Crippen molar-refractivity contribution in [3.05, 3.63) is 23.8 Å². The average molecular weight is 477 g/mol. The van der Waals surface area contributed by atoms with Gasteiger partial charge in [0, 0.05) is 31.6 Å². The third kappa shape index (κ3) is 7.90. The zero-order chi connectivity index (χ0) is 24.9. The van der Waals surface area contributed by atoms with E-state index in [1.54, 1.807) is 0 Å². The average Bonchev–Trinajstić information content (AvgIpc) is 3.43. The van der Waals surface area contributed by atoms with Gasteiger partial charge in [-0.2, -0.15) is 0 Å². The van der Waals surface area contributed by atoms with E-state index in [1.807, 2.05) is 30.1 Å². The molecule has 1 N–H and O–H groups in total. The summed E-state index contributed by atoms with van der Waals surface area (Å²) in [6.45, 7) is 9.33. The molecule has 0 spiro atoms. The summed E-state index contributed by atoms with van der Waals surface area (Å²) in [5.74, 6) is 0.407. The standard InChI is InChI=1S/C18H25NO4.C9H19NO/c1-3-4-5-6-14-17(18(20)21)13(10-19(14)2)12-7-8-15-16(9-12)23-11-22-15;1-3-5-7-10(9-11)8-6-4-2/h7-9,13-14,17H,3-6,10-11H2,1-2H3,(H,20,21);9H,3-8H2,1-2H3. The van der Waals surface area contributed by atoms with Crippen molar-refractivity contribution >= 4 is 12.4 Å². The number of amides is 1. The molecule has 1 saturated heterocycles. The lowest BCUT2D eigenvalue weighted by molar-refractivity contribution is -0.143. The van der Waals surface area contributed by atoms with Crippen molar-refractivity contribution < 1.29 is 24.2 Å². The molecular weight excluding hydrogens is 432 g/mol. The summed E-state index contributed by atoms with van der Waals surface area (Å²) in [5.41, 5.74) is 1.03. The Morgan fingerprint density at radius 3 is 2.29 bits per heavy atom. The van der Waals surface area contributed by atoms with Crippen molar-refractivity contribution in [2.75, 3.05) is 33.5 Å². The van der Waals surface area contributed by atoms with Gasteiger partial charge in [-0.1, -0.05) is 58.9 Å². The van der Waals surface area contributed by atoms with Gasteiger partial charge in [-0.15, -0.1) is 0 Å². The minimum absolute atomic E-state index is 0.00127. The third-order valence-electron chi connectivity index (χ3n) is 6.86. The molecule has 7 nitrogen and oxygen atoms in total. The van der Waals surface area contributed by atoms with Crippen molar-refractivity contribution in [1.82, 2.24) is 9.80 Å². The number of carbonyl (C=O) groups is 2. The number of unbranched alkanes of at least 4 members (excludes halogenated alkanes) is 4. The highest BCUT2D eigenvalue weighted by molar-refractivity contribution is 5.73. The molecule has 2 aliphatic heterocycles. The van der Waals surface area contributed by atoms with E-state index in [4.69, 9.17) is 9.47 Å². The highest BCUT2D eigenvalue weighted by atomic mass is 16.7. The highest BCUT2D eigenvalue weighted by Crippen LogP contribution is 2.42. The molecule has 3 rings (SSSR count). The molecule has 1 fully saturated rings. The monoisotopic (exact) mass is 476 g/mol. The summed E-state index contributed by atoms with van der Waals surface area (Å²) < 4.78 is 10.8. The van der Waals surface area contributed by atoms with E-state index in [9.17, 15) is 14.7 Å². The lowest BCUT2D eigenvalue weighted by atomic mass is 9.83. The molecule has 0 saturated carbocycles. The topological polar surface area (TPSA) is 79.3 Å². The number of likely N-dealkylation sites (N-methyl/N-ethyl adjacent to an activating group) is 1.